The standard InChI is InChI=1S/C12H16INO4S.Na/c1-3-9-6-10(19-18-17-16)4-5-11(9)12(15)14-8(2)7-13;/h4-6,8,16H,3,7H2,1-2H3,(H,14,15);/q;+1/p-1. The summed E-state index contributed by atoms with van der Waals surface area (Å²) in [6, 6.07) is 5.38. The molecule has 106 valence electrons. The molecule has 0 radical (unpaired) electrons. The first-order valence-electron chi connectivity index (χ1n) is 5.75. The van der Waals surface area contributed by atoms with Gasteiger partial charge in [-0.2, -0.15) is 4.33 Å². The van der Waals surface area contributed by atoms with Crippen LogP contribution in [0.15, 0.2) is 23.1 Å². The van der Waals surface area contributed by atoms with Crippen LogP contribution in [0.3, 0.4) is 0 Å². The Kier molecular flexibility index (Phi) is 11.6. The molecule has 8 heteroatoms. The molecule has 1 aromatic carbocycles. The average Bonchev–Trinajstić information content (AvgIpc) is 2.44. The molecule has 0 bridgehead atoms. The fourth-order valence-electron chi connectivity index (χ4n) is 1.53. The molecule has 0 saturated heterocycles. The normalized spacial score (nSPS) is 11.6. The van der Waals surface area contributed by atoms with Gasteiger partial charge in [-0.15, -0.1) is 0 Å². The van der Waals surface area contributed by atoms with Gasteiger partial charge in [-0.25, -0.2) is 0 Å². The molecule has 0 aliphatic heterocycles. The molecule has 0 aromatic heterocycles. The van der Waals surface area contributed by atoms with E-state index in [0.29, 0.717) is 16.9 Å². The van der Waals surface area contributed by atoms with Crippen LogP contribution in [0.25, 0.3) is 0 Å². The molecule has 0 aliphatic rings. The quantitative estimate of drug-likeness (QED) is 0.154. The van der Waals surface area contributed by atoms with Crippen molar-refractivity contribution in [3.8, 4) is 0 Å². The molecule has 0 spiro atoms. The van der Waals surface area contributed by atoms with Crippen LogP contribution in [0.2, 0.25) is 0 Å². The van der Waals surface area contributed by atoms with E-state index >= 15 is 0 Å². The van der Waals surface area contributed by atoms with Crippen molar-refractivity contribution in [3.05, 3.63) is 29.3 Å². The summed E-state index contributed by atoms with van der Waals surface area (Å²) in [7, 11) is 0. The third kappa shape index (κ3) is 6.61. The van der Waals surface area contributed by atoms with E-state index in [4.69, 9.17) is 0 Å². The van der Waals surface area contributed by atoms with E-state index in [-0.39, 0.29) is 41.5 Å². The molecule has 0 saturated carbocycles. The Morgan fingerprint density at radius 2 is 2.25 bits per heavy atom. The fourth-order valence-corrected chi connectivity index (χ4v) is 2.17. The average molecular weight is 419 g/mol. The van der Waals surface area contributed by atoms with Gasteiger partial charge in [-0.05, 0) is 37.1 Å². The topological polar surface area (TPSA) is 70.6 Å². The number of halogens is 1. The van der Waals surface area contributed by atoms with E-state index in [9.17, 15) is 10.1 Å². The Labute approximate surface area is 158 Å². The second-order valence-corrected chi connectivity index (χ2v) is 5.58. The maximum atomic E-state index is 12.1. The Balaban J connectivity index is 0.00000361. The summed E-state index contributed by atoms with van der Waals surface area (Å²) in [4.78, 5) is 12.8. The van der Waals surface area contributed by atoms with E-state index in [1.54, 1.807) is 12.1 Å². The van der Waals surface area contributed by atoms with Gasteiger partial charge < -0.3 is 10.6 Å². The Morgan fingerprint density at radius 1 is 1.55 bits per heavy atom. The van der Waals surface area contributed by atoms with Crippen molar-refractivity contribution in [3.63, 3.8) is 0 Å². The number of carbonyl (C=O) groups is 1. The number of aryl methyl sites for hydroxylation is 1. The van der Waals surface area contributed by atoms with Gasteiger partial charge in [0.2, 0.25) is 0 Å². The van der Waals surface area contributed by atoms with E-state index in [0.717, 1.165) is 22.0 Å². The number of alkyl halides is 1. The third-order valence-electron chi connectivity index (χ3n) is 2.47. The summed E-state index contributed by atoms with van der Waals surface area (Å²) < 4.78 is 5.12. The first-order valence-corrected chi connectivity index (χ1v) is 8.02. The van der Waals surface area contributed by atoms with Crippen LogP contribution >= 0.6 is 34.6 Å². The molecular formula is C12H15INNaO4S. The second kappa shape index (κ2) is 11.2. The minimum atomic E-state index is -0.0847. The van der Waals surface area contributed by atoms with Crippen LogP contribution in [0.4, 0.5) is 0 Å². The molecule has 20 heavy (non-hydrogen) atoms. The zero-order valence-electron chi connectivity index (χ0n) is 11.6. The van der Waals surface area contributed by atoms with Gasteiger partial charge in [0.15, 0.2) is 0 Å². The van der Waals surface area contributed by atoms with E-state index in [2.05, 4.69) is 37.3 Å². The fraction of sp³-hybridized carbons (Fsp3) is 0.417. The first-order chi connectivity index (χ1) is 9.12. The summed E-state index contributed by atoms with van der Waals surface area (Å²) in [5.74, 6) is -0.0847. The maximum Gasteiger partial charge on any atom is 1.00 e. The number of carbonyl (C=O) groups excluding carboxylic acids is 1. The molecule has 0 heterocycles. The SMILES string of the molecule is CCc1cc(SOO[O-])ccc1C(=O)NC(C)CI.[Na+]. The summed E-state index contributed by atoms with van der Waals surface area (Å²) >= 11 is 3.05. The summed E-state index contributed by atoms with van der Waals surface area (Å²) in [6.45, 7) is 3.92. The van der Waals surface area contributed by atoms with Crippen molar-refractivity contribution in [2.75, 3.05) is 4.43 Å². The van der Waals surface area contributed by atoms with Crippen molar-refractivity contribution in [1.82, 2.24) is 5.32 Å². The molecular weight excluding hydrogens is 404 g/mol. The monoisotopic (exact) mass is 419 g/mol. The number of hydrogen-bond donors (Lipinski definition) is 1. The zero-order valence-corrected chi connectivity index (χ0v) is 16.6. The van der Waals surface area contributed by atoms with Crippen molar-refractivity contribution in [2.24, 2.45) is 0 Å². The molecule has 1 amide bonds. The van der Waals surface area contributed by atoms with Crippen molar-refractivity contribution in [1.29, 1.82) is 0 Å². The summed E-state index contributed by atoms with van der Waals surface area (Å²) in [5, 5.41) is 16.0. The van der Waals surface area contributed by atoms with Crippen LogP contribution in [-0.2, 0) is 15.8 Å². The predicted molar refractivity (Wildman–Crippen MR) is 79.7 cm³/mol. The van der Waals surface area contributed by atoms with E-state index in [1.165, 1.54) is 0 Å². The van der Waals surface area contributed by atoms with E-state index in [1.807, 2.05) is 19.9 Å². The van der Waals surface area contributed by atoms with Crippen LogP contribution in [0, 0.1) is 0 Å². The van der Waals surface area contributed by atoms with Gasteiger partial charge >= 0.3 is 29.6 Å². The number of hydrogen-bond acceptors (Lipinski definition) is 5. The van der Waals surface area contributed by atoms with Gasteiger partial charge in [0.1, 0.15) is 0 Å². The van der Waals surface area contributed by atoms with Crippen molar-refractivity contribution < 1.29 is 49.0 Å². The first kappa shape index (κ1) is 20.6. The molecule has 0 aliphatic carbocycles. The van der Waals surface area contributed by atoms with Crippen LogP contribution in [0.1, 0.15) is 29.8 Å². The second-order valence-electron chi connectivity index (χ2n) is 3.92. The number of amides is 1. The summed E-state index contributed by atoms with van der Waals surface area (Å²) in [5.41, 5.74) is 1.55. The van der Waals surface area contributed by atoms with Gasteiger partial charge in [-0.1, -0.05) is 29.5 Å². The summed E-state index contributed by atoms with van der Waals surface area (Å²) in [6.07, 6.45) is 0.716. The zero-order chi connectivity index (χ0) is 14.3. The van der Waals surface area contributed by atoms with Gasteiger partial charge in [0, 0.05) is 20.9 Å². The molecule has 1 atom stereocenters. The molecule has 5 nitrogen and oxygen atoms in total. The minimum absolute atomic E-state index is 0. The van der Waals surface area contributed by atoms with Gasteiger partial charge in [0.25, 0.3) is 5.91 Å². The Hall–Kier alpha value is 0.650. The number of nitrogens with one attached hydrogen (secondary N) is 1. The Morgan fingerprint density at radius 3 is 2.80 bits per heavy atom. The van der Waals surface area contributed by atoms with Crippen LogP contribution < -0.4 is 40.1 Å². The van der Waals surface area contributed by atoms with Crippen LogP contribution in [0.5, 0.6) is 0 Å². The van der Waals surface area contributed by atoms with Crippen molar-refractivity contribution in [2.45, 2.75) is 31.2 Å². The molecule has 0 fully saturated rings. The van der Waals surface area contributed by atoms with Gasteiger partial charge in [0.05, 0.1) is 12.0 Å². The largest absolute Gasteiger partial charge is 1.00 e. The van der Waals surface area contributed by atoms with Gasteiger partial charge in [-0.3, -0.25) is 9.83 Å². The molecule has 1 aromatic rings. The molecule has 1 N–H and O–H groups in total. The Bertz CT molecular complexity index is 436. The smallest absolute Gasteiger partial charge is 0.691 e. The number of benzene rings is 1. The third-order valence-corrected chi connectivity index (χ3v) is 4.36. The predicted octanol–water partition coefficient (Wildman–Crippen LogP) is -0.963. The number of rotatable bonds is 7. The molecule has 1 rings (SSSR count). The molecule has 1 unspecified atom stereocenters. The maximum absolute atomic E-state index is 12.1. The minimum Gasteiger partial charge on any atom is -0.691 e. The van der Waals surface area contributed by atoms with Crippen LogP contribution in [-0.4, -0.2) is 16.4 Å². The van der Waals surface area contributed by atoms with Crippen molar-refractivity contribution >= 4 is 40.5 Å². The van der Waals surface area contributed by atoms with E-state index < -0.39 is 0 Å².